The highest BCUT2D eigenvalue weighted by atomic mass is 35.5. The van der Waals surface area contributed by atoms with Crippen LogP contribution >= 0.6 is 11.6 Å². The van der Waals surface area contributed by atoms with Crippen molar-refractivity contribution in [3.63, 3.8) is 0 Å². The third-order valence-corrected chi connectivity index (χ3v) is 5.03. The Kier molecular flexibility index (Phi) is 4.50. The lowest BCUT2D eigenvalue weighted by atomic mass is 10.1. The lowest BCUT2D eigenvalue weighted by Gasteiger charge is -2.12. The Bertz CT molecular complexity index is 1050. The molecule has 0 aromatic heterocycles. The maximum atomic E-state index is 12.7. The summed E-state index contributed by atoms with van der Waals surface area (Å²) in [5, 5.41) is 3.26. The van der Waals surface area contributed by atoms with Gasteiger partial charge in [-0.25, -0.2) is 0 Å². The number of amides is 1. The molecule has 3 aromatic rings. The molecule has 0 fully saturated rings. The molecule has 0 saturated carbocycles. The summed E-state index contributed by atoms with van der Waals surface area (Å²) in [5.74, 6) is 0.562. The Labute approximate surface area is 162 Å². The van der Waals surface area contributed by atoms with E-state index >= 15 is 0 Å². The van der Waals surface area contributed by atoms with Crippen LogP contribution in [0.3, 0.4) is 0 Å². The quantitative estimate of drug-likeness (QED) is 0.531. The summed E-state index contributed by atoms with van der Waals surface area (Å²) in [5.41, 5.74) is 6.09. The van der Waals surface area contributed by atoms with Gasteiger partial charge in [-0.05, 0) is 52.9 Å². The Balaban J connectivity index is 1.63. The Morgan fingerprint density at radius 3 is 2.52 bits per heavy atom. The first-order valence-electron chi connectivity index (χ1n) is 8.55. The van der Waals surface area contributed by atoms with Gasteiger partial charge in [-0.15, -0.1) is 0 Å². The lowest BCUT2D eigenvalue weighted by Crippen LogP contribution is -2.12. The van der Waals surface area contributed by atoms with Crippen molar-refractivity contribution in [3.8, 4) is 22.6 Å². The first kappa shape index (κ1) is 17.4. The van der Waals surface area contributed by atoms with E-state index < -0.39 is 0 Å². The minimum atomic E-state index is -0.260. The number of rotatable bonds is 4. The minimum absolute atomic E-state index is 0.260. The Morgan fingerprint density at radius 1 is 0.963 bits per heavy atom. The highest BCUT2D eigenvalue weighted by Gasteiger charge is 2.19. The van der Waals surface area contributed by atoms with Crippen LogP contribution in [0, 0.1) is 0 Å². The van der Waals surface area contributed by atoms with Crippen molar-refractivity contribution in [3.05, 3.63) is 76.3 Å². The molecule has 4 nitrogen and oxygen atoms in total. The molecule has 4 rings (SSSR count). The van der Waals surface area contributed by atoms with Gasteiger partial charge in [0, 0.05) is 11.3 Å². The monoisotopic (exact) mass is 379 g/mol. The molecule has 0 bridgehead atoms. The number of anilines is 1. The zero-order valence-electron chi connectivity index (χ0n) is 15.0. The van der Waals surface area contributed by atoms with Crippen LogP contribution in [-0.4, -0.2) is 20.1 Å². The highest BCUT2D eigenvalue weighted by molar-refractivity contribution is 6.32. The van der Waals surface area contributed by atoms with Crippen molar-refractivity contribution in [1.29, 1.82) is 0 Å². The van der Waals surface area contributed by atoms with Gasteiger partial charge in [0.2, 0.25) is 0 Å². The minimum Gasteiger partial charge on any atom is -0.493 e. The lowest BCUT2D eigenvalue weighted by molar-refractivity contribution is 0.102. The van der Waals surface area contributed by atoms with Crippen molar-refractivity contribution in [2.45, 2.75) is 6.42 Å². The number of carbonyl (C=O) groups is 1. The standard InChI is InChI=1S/C22H18ClNO3/c1-26-20-11-15(10-19(23)21(20)27-2)22(25)24-16-8-7-14-9-13-5-3-4-6-17(13)18(14)12-16/h3-8,10-12H,9H2,1-2H3,(H,24,25). The summed E-state index contributed by atoms with van der Waals surface area (Å²) in [7, 11) is 3.01. The van der Waals surface area contributed by atoms with Crippen molar-refractivity contribution in [1.82, 2.24) is 0 Å². The molecule has 1 amide bonds. The molecule has 1 N–H and O–H groups in total. The molecule has 0 heterocycles. The normalized spacial score (nSPS) is 11.5. The molecule has 0 radical (unpaired) electrons. The van der Waals surface area contributed by atoms with E-state index in [2.05, 4.69) is 23.5 Å². The number of hydrogen-bond donors (Lipinski definition) is 1. The van der Waals surface area contributed by atoms with E-state index in [0.29, 0.717) is 22.1 Å². The molecule has 0 aliphatic heterocycles. The van der Waals surface area contributed by atoms with Crippen LogP contribution in [0.25, 0.3) is 11.1 Å². The zero-order valence-corrected chi connectivity index (χ0v) is 15.8. The first-order chi connectivity index (χ1) is 13.1. The van der Waals surface area contributed by atoms with E-state index in [1.165, 1.54) is 30.9 Å². The fraction of sp³-hybridized carbons (Fsp3) is 0.136. The summed E-state index contributed by atoms with van der Waals surface area (Å²) in [6.45, 7) is 0. The van der Waals surface area contributed by atoms with E-state index in [-0.39, 0.29) is 5.91 Å². The van der Waals surface area contributed by atoms with Gasteiger partial charge >= 0.3 is 0 Å². The Morgan fingerprint density at radius 2 is 1.74 bits per heavy atom. The number of carbonyl (C=O) groups excluding carboxylic acids is 1. The number of ether oxygens (including phenoxy) is 2. The van der Waals surface area contributed by atoms with Gasteiger partial charge in [0.1, 0.15) is 0 Å². The highest BCUT2D eigenvalue weighted by Crippen LogP contribution is 2.38. The third kappa shape index (κ3) is 3.13. The second-order valence-electron chi connectivity index (χ2n) is 6.35. The van der Waals surface area contributed by atoms with Crippen molar-refractivity contribution in [2.24, 2.45) is 0 Å². The van der Waals surface area contributed by atoms with E-state index in [4.69, 9.17) is 21.1 Å². The summed E-state index contributed by atoms with van der Waals surface area (Å²) in [6, 6.07) is 17.5. The fourth-order valence-corrected chi connectivity index (χ4v) is 3.74. The number of halogens is 1. The average Bonchev–Trinajstić information content (AvgIpc) is 3.05. The van der Waals surface area contributed by atoms with Crippen molar-refractivity contribution < 1.29 is 14.3 Å². The molecule has 0 atom stereocenters. The average molecular weight is 380 g/mol. The molecular weight excluding hydrogens is 362 g/mol. The van der Waals surface area contributed by atoms with Crippen molar-refractivity contribution in [2.75, 3.05) is 19.5 Å². The van der Waals surface area contributed by atoms with E-state index in [0.717, 1.165) is 17.7 Å². The van der Waals surface area contributed by atoms with Crippen LogP contribution in [-0.2, 0) is 6.42 Å². The van der Waals surface area contributed by atoms with E-state index in [1.807, 2.05) is 24.3 Å². The molecule has 5 heteroatoms. The molecular formula is C22H18ClNO3. The summed E-state index contributed by atoms with van der Waals surface area (Å²) < 4.78 is 10.5. The van der Waals surface area contributed by atoms with Gasteiger partial charge in [0.05, 0.1) is 19.2 Å². The van der Waals surface area contributed by atoms with Gasteiger partial charge in [-0.3, -0.25) is 4.79 Å². The van der Waals surface area contributed by atoms with Gasteiger partial charge in [-0.2, -0.15) is 0 Å². The van der Waals surface area contributed by atoms with Crippen LogP contribution in [0.1, 0.15) is 21.5 Å². The summed E-state index contributed by atoms with van der Waals surface area (Å²) in [6.07, 6.45) is 0.922. The molecule has 3 aromatic carbocycles. The maximum absolute atomic E-state index is 12.7. The molecule has 27 heavy (non-hydrogen) atoms. The van der Waals surface area contributed by atoms with Gasteiger partial charge < -0.3 is 14.8 Å². The molecule has 1 aliphatic rings. The smallest absolute Gasteiger partial charge is 0.255 e. The zero-order chi connectivity index (χ0) is 19.0. The maximum Gasteiger partial charge on any atom is 0.255 e. The van der Waals surface area contributed by atoms with E-state index in [1.54, 1.807) is 12.1 Å². The number of nitrogens with one attached hydrogen (secondary N) is 1. The fourth-order valence-electron chi connectivity index (χ4n) is 3.45. The topological polar surface area (TPSA) is 47.6 Å². The number of benzene rings is 3. The summed E-state index contributed by atoms with van der Waals surface area (Å²) >= 11 is 6.21. The van der Waals surface area contributed by atoms with Crippen LogP contribution in [0.2, 0.25) is 5.02 Å². The predicted octanol–water partition coefficient (Wildman–Crippen LogP) is 5.18. The second-order valence-corrected chi connectivity index (χ2v) is 6.76. The number of hydrogen-bond acceptors (Lipinski definition) is 3. The molecule has 0 spiro atoms. The molecule has 1 aliphatic carbocycles. The van der Waals surface area contributed by atoms with E-state index in [9.17, 15) is 4.79 Å². The SMILES string of the molecule is COc1cc(C(=O)Nc2ccc3c(c2)-c2ccccc2C3)cc(Cl)c1OC. The number of methoxy groups -OCH3 is 2. The molecule has 136 valence electrons. The van der Waals surface area contributed by atoms with Crippen LogP contribution in [0.5, 0.6) is 11.5 Å². The molecule has 0 saturated heterocycles. The van der Waals surface area contributed by atoms with Crippen LogP contribution in [0.15, 0.2) is 54.6 Å². The van der Waals surface area contributed by atoms with Crippen LogP contribution in [0.4, 0.5) is 5.69 Å². The predicted molar refractivity (Wildman–Crippen MR) is 107 cm³/mol. The largest absolute Gasteiger partial charge is 0.493 e. The number of fused-ring (bicyclic) bond motifs is 3. The van der Waals surface area contributed by atoms with Gasteiger partial charge in [-0.1, -0.05) is 41.9 Å². The third-order valence-electron chi connectivity index (χ3n) is 4.75. The summed E-state index contributed by atoms with van der Waals surface area (Å²) in [4.78, 5) is 12.7. The Hall–Kier alpha value is -2.98. The van der Waals surface area contributed by atoms with Gasteiger partial charge in [0.25, 0.3) is 5.91 Å². The first-order valence-corrected chi connectivity index (χ1v) is 8.92. The van der Waals surface area contributed by atoms with Crippen LogP contribution < -0.4 is 14.8 Å². The van der Waals surface area contributed by atoms with Gasteiger partial charge in [0.15, 0.2) is 11.5 Å². The van der Waals surface area contributed by atoms with Crippen molar-refractivity contribution >= 4 is 23.2 Å². The molecule has 0 unspecified atom stereocenters. The second kappa shape index (κ2) is 6.97.